The molecule has 0 spiro atoms. The van der Waals surface area contributed by atoms with E-state index >= 15 is 0 Å². The number of hydrogen-bond donors (Lipinski definition) is 3. The molecule has 1 aromatic heterocycles. The van der Waals surface area contributed by atoms with E-state index in [9.17, 15) is 5.26 Å². The lowest BCUT2D eigenvalue weighted by molar-refractivity contribution is 0.0241. The molecule has 0 radical (unpaired) electrons. The van der Waals surface area contributed by atoms with Gasteiger partial charge in [-0.25, -0.2) is 4.68 Å². The van der Waals surface area contributed by atoms with Crippen LogP contribution in [0, 0.1) is 16.7 Å². The number of aliphatic imine (C=N–C) groups is 1. The summed E-state index contributed by atoms with van der Waals surface area (Å²) in [6, 6.07) is 11.8. The van der Waals surface area contributed by atoms with Crippen molar-refractivity contribution in [1.82, 2.24) is 20.4 Å². The molecule has 0 aliphatic heterocycles. The standard InChI is InChI=1S/C23H35N7O/c1-6-26-22(28-16-20(31-5)23(2,3)4)27-14-10-13-19-18(15-24)21(25)30(29-19)17-11-8-7-9-12-17/h7-9,11-12,20H,6,10,13-14,16,25H2,1-5H3,(H2,26,27,28). The maximum absolute atomic E-state index is 9.55. The normalized spacial score (nSPS) is 13.0. The second-order valence-electron chi connectivity index (χ2n) is 8.41. The van der Waals surface area contributed by atoms with Crippen LogP contribution in [0.1, 0.15) is 45.4 Å². The molecular formula is C23H35N7O. The molecule has 0 saturated heterocycles. The summed E-state index contributed by atoms with van der Waals surface area (Å²) < 4.78 is 7.22. The first-order valence-electron chi connectivity index (χ1n) is 10.7. The van der Waals surface area contributed by atoms with E-state index in [1.165, 1.54) is 0 Å². The summed E-state index contributed by atoms with van der Waals surface area (Å²) in [6.45, 7) is 10.5. The van der Waals surface area contributed by atoms with E-state index in [-0.39, 0.29) is 11.5 Å². The molecular weight excluding hydrogens is 390 g/mol. The van der Waals surface area contributed by atoms with Crippen molar-refractivity contribution in [3.05, 3.63) is 41.6 Å². The van der Waals surface area contributed by atoms with Crippen LogP contribution in [-0.2, 0) is 11.2 Å². The molecule has 0 saturated carbocycles. The number of para-hydroxylation sites is 1. The zero-order valence-corrected chi connectivity index (χ0v) is 19.3. The van der Waals surface area contributed by atoms with Crippen molar-refractivity contribution in [2.45, 2.75) is 46.6 Å². The number of nitrogen functional groups attached to an aromatic ring is 1. The molecule has 0 amide bonds. The zero-order valence-electron chi connectivity index (χ0n) is 19.3. The molecule has 1 atom stereocenters. The van der Waals surface area contributed by atoms with E-state index in [2.05, 4.69) is 47.6 Å². The van der Waals surface area contributed by atoms with Crippen molar-refractivity contribution in [2.75, 3.05) is 32.5 Å². The lowest BCUT2D eigenvalue weighted by Gasteiger charge is -2.28. The Labute approximate surface area is 185 Å². The minimum Gasteiger partial charge on any atom is -0.382 e. The Hall–Kier alpha value is -3.05. The molecule has 1 unspecified atom stereocenters. The molecule has 0 bridgehead atoms. The Morgan fingerprint density at radius 3 is 2.58 bits per heavy atom. The average molecular weight is 426 g/mol. The van der Waals surface area contributed by atoms with E-state index in [4.69, 9.17) is 10.5 Å². The molecule has 2 aromatic rings. The first kappa shape index (κ1) is 24.2. The number of nitrogens with one attached hydrogen (secondary N) is 2. The largest absolute Gasteiger partial charge is 0.382 e. The summed E-state index contributed by atoms with van der Waals surface area (Å²) in [5.74, 6) is 1.13. The number of methoxy groups -OCH3 is 1. The lowest BCUT2D eigenvalue weighted by atomic mass is 9.89. The van der Waals surface area contributed by atoms with E-state index < -0.39 is 0 Å². The van der Waals surface area contributed by atoms with Gasteiger partial charge in [-0.1, -0.05) is 39.0 Å². The second kappa shape index (κ2) is 11.4. The van der Waals surface area contributed by atoms with Gasteiger partial charge < -0.3 is 21.1 Å². The van der Waals surface area contributed by atoms with Crippen LogP contribution in [0.2, 0.25) is 0 Å². The van der Waals surface area contributed by atoms with Crippen LogP contribution < -0.4 is 16.4 Å². The summed E-state index contributed by atoms with van der Waals surface area (Å²) in [5, 5.41) is 20.7. The number of aromatic nitrogens is 2. The molecule has 168 valence electrons. The van der Waals surface area contributed by atoms with Crippen LogP contribution in [0.25, 0.3) is 5.69 Å². The Morgan fingerprint density at radius 1 is 1.29 bits per heavy atom. The second-order valence-corrected chi connectivity index (χ2v) is 8.41. The monoisotopic (exact) mass is 425 g/mol. The summed E-state index contributed by atoms with van der Waals surface area (Å²) >= 11 is 0. The van der Waals surface area contributed by atoms with Crippen molar-refractivity contribution in [3.8, 4) is 11.8 Å². The summed E-state index contributed by atoms with van der Waals surface area (Å²) in [6.07, 6.45) is 1.46. The number of guanidine groups is 1. The van der Waals surface area contributed by atoms with Crippen LogP contribution in [0.5, 0.6) is 0 Å². The van der Waals surface area contributed by atoms with Gasteiger partial charge in [-0.05, 0) is 37.3 Å². The molecule has 1 aromatic carbocycles. The van der Waals surface area contributed by atoms with Crippen LogP contribution in [0.3, 0.4) is 0 Å². The van der Waals surface area contributed by atoms with Gasteiger partial charge in [-0.3, -0.25) is 4.99 Å². The number of rotatable bonds is 9. The molecule has 2 rings (SSSR count). The maximum atomic E-state index is 9.55. The van der Waals surface area contributed by atoms with E-state index in [1.807, 2.05) is 37.3 Å². The van der Waals surface area contributed by atoms with Gasteiger partial charge in [0.15, 0.2) is 5.96 Å². The van der Waals surface area contributed by atoms with Crippen LogP contribution in [0.15, 0.2) is 35.3 Å². The van der Waals surface area contributed by atoms with Gasteiger partial charge >= 0.3 is 0 Å². The van der Waals surface area contributed by atoms with Gasteiger partial charge in [0.05, 0.1) is 24.0 Å². The fraction of sp³-hybridized carbons (Fsp3) is 0.522. The lowest BCUT2D eigenvalue weighted by Crippen LogP contribution is -2.39. The van der Waals surface area contributed by atoms with E-state index in [1.54, 1.807) is 11.8 Å². The molecule has 0 aliphatic carbocycles. The number of hydrogen-bond acceptors (Lipinski definition) is 5. The number of anilines is 1. The minimum atomic E-state index is 0.0147. The topological polar surface area (TPSA) is 113 Å². The van der Waals surface area contributed by atoms with Gasteiger partial charge in [0.25, 0.3) is 0 Å². The quantitative estimate of drug-likeness (QED) is 0.323. The predicted molar refractivity (Wildman–Crippen MR) is 125 cm³/mol. The molecule has 0 fully saturated rings. The third-order valence-corrected chi connectivity index (χ3v) is 5.00. The molecule has 31 heavy (non-hydrogen) atoms. The molecule has 4 N–H and O–H groups in total. The number of benzene rings is 1. The predicted octanol–water partition coefficient (Wildman–Crippen LogP) is 2.87. The highest BCUT2D eigenvalue weighted by molar-refractivity contribution is 5.79. The molecule has 1 heterocycles. The Morgan fingerprint density at radius 2 is 2.00 bits per heavy atom. The van der Waals surface area contributed by atoms with Crippen molar-refractivity contribution in [2.24, 2.45) is 10.4 Å². The molecule has 0 aliphatic rings. The van der Waals surface area contributed by atoms with Crippen molar-refractivity contribution in [3.63, 3.8) is 0 Å². The molecule has 8 heteroatoms. The highest BCUT2D eigenvalue weighted by Crippen LogP contribution is 2.22. The van der Waals surface area contributed by atoms with Gasteiger partial charge in [-0.2, -0.15) is 10.4 Å². The van der Waals surface area contributed by atoms with E-state index in [0.717, 1.165) is 24.6 Å². The summed E-state index contributed by atoms with van der Waals surface area (Å²) in [5.41, 5.74) is 8.18. The zero-order chi connectivity index (χ0) is 22.9. The molecule has 8 nitrogen and oxygen atoms in total. The van der Waals surface area contributed by atoms with Crippen LogP contribution in [-0.4, -0.2) is 48.6 Å². The third kappa shape index (κ3) is 6.72. The van der Waals surface area contributed by atoms with Crippen molar-refractivity contribution in [1.29, 1.82) is 5.26 Å². The minimum absolute atomic E-state index is 0.0147. The smallest absolute Gasteiger partial charge is 0.191 e. The van der Waals surface area contributed by atoms with Crippen molar-refractivity contribution < 1.29 is 4.74 Å². The number of ether oxygens (including phenoxy) is 1. The van der Waals surface area contributed by atoms with Crippen molar-refractivity contribution >= 4 is 11.8 Å². The Bertz CT molecular complexity index is 891. The first-order valence-corrected chi connectivity index (χ1v) is 10.7. The van der Waals surface area contributed by atoms with E-state index in [0.29, 0.717) is 36.6 Å². The van der Waals surface area contributed by atoms with Crippen LogP contribution >= 0.6 is 0 Å². The average Bonchev–Trinajstić information content (AvgIpc) is 3.06. The number of nitrogens with two attached hydrogens (primary N) is 1. The van der Waals surface area contributed by atoms with Crippen LogP contribution in [0.4, 0.5) is 5.82 Å². The highest BCUT2D eigenvalue weighted by Gasteiger charge is 2.24. The number of aryl methyl sites for hydroxylation is 1. The fourth-order valence-electron chi connectivity index (χ4n) is 3.22. The first-order chi connectivity index (χ1) is 14.8. The van der Waals surface area contributed by atoms with Gasteiger partial charge in [0.1, 0.15) is 17.5 Å². The summed E-state index contributed by atoms with van der Waals surface area (Å²) in [7, 11) is 1.72. The SMILES string of the molecule is CCNC(=NCC(OC)C(C)(C)C)NCCCc1nn(-c2ccccc2)c(N)c1C#N. The Balaban J connectivity index is 1.99. The highest BCUT2D eigenvalue weighted by atomic mass is 16.5. The van der Waals surface area contributed by atoms with Gasteiger partial charge in [-0.15, -0.1) is 0 Å². The fourth-order valence-corrected chi connectivity index (χ4v) is 3.22. The third-order valence-electron chi connectivity index (χ3n) is 5.00. The number of nitriles is 1. The summed E-state index contributed by atoms with van der Waals surface area (Å²) in [4.78, 5) is 4.66. The Kier molecular flexibility index (Phi) is 8.88. The number of nitrogens with zero attached hydrogens (tertiary/aromatic N) is 4. The van der Waals surface area contributed by atoms with Gasteiger partial charge in [0.2, 0.25) is 0 Å². The van der Waals surface area contributed by atoms with Gasteiger partial charge in [0, 0.05) is 20.2 Å². The maximum Gasteiger partial charge on any atom is 0.191 e.